The lowest BCUT2D eigenvalue weighted by Gasteiger charge is -2.15. The van der Waals surface area contributed by atoms with E-state index in [9.17, 15) is 4.79 Å². The highest BCUT2D eigenvalue weighted by Gasteiger charge is 2.27. The first-order valence-corrected chi connectivity index (χ1v) is 14.6. The number of amides is 1. The zero-order chi connectivity index (χ0) is 25.2. The van der Waals surface area contributed by atoms with E-state index in [2.05, 4.69) is 92.2 Å². The molecule has 4 aromatic carbocycles. The van der Waals surface area contributed by atoms with Crippen LogP contribution in [0, 0.1) is 14.1 Å². The molecule has 0 aromatic heterocycles. The van der Waals surface area contributed by atoms with Crippen LogP contribution in [0.1, 0.15) is 16.7 Å². The number of thioether (sulfide) groups is 1. The van der Waals surface area contributed by atoms with Gasteiger partial charge in [-0.25, -0.2) is 0 Å². The number of aryl methyl sites for hydroxylation is 1. The first-order chi connectivity index (χ1) is 17.4. The summed E-state index contributed by atoms with van der Waals surface area (Å²) in [6, 6.07) is 24.4. The summed E-state index contributed by atoms with van der Waals surface area (Å²) < 4.78 is 8.27. The molecule has 1 unspecified atom stereocenters. The fourth-order valence-electron chi connectivity index (χ4n) is 3.98. The van der Waals surface area contributed by atoms with Crippen LogP contribution in [0.5, 0.6) is 5.75 Å². The van der Waals surface area contributed by atoms with Crippen molar-refractivity contribution in [1.29, 1.82) is 0 Å². The van der Waals surface area contributed by atoms with Gasteiger partial charge < -0.3 is 15.4 Å². The van der Waals surface area contributed by atoms with E-state index in [1.807, 2.05) is 49.4 Å². The first-order valence-electron chi connectivity index (χ1n) is 11.2. The van der Waals surface area contributed by atoms with Crippen molar-refractivity contribution in [3.8, 4) is 5.75 Å². The van der Waals surface area contributed by atoms with Gasteiger partial charge in [-0.15, -0.1) is 0 Å². The molecular weight excluding hydrogens is 718 g/mol. The second kappa shape index (κ2) is 11.2. The Labute approximate surface area is 246 Å². The van der Waals surface area contributed by atoms with Crippen LogP contribution in [-0.2, 0) is 11.4 Å². The highest BCUT2D eigenvalue weighted by Crippen LogP contribution is 2.35. The lowest BCUT2D eigenvalue weighted by Crippen LogP contribution is -2.31. The Morgan fingerprint density at radius 2 is 1.81 bits per heavy atom. The molecule has 5 rings (SSSR count). The quantitative estimate of drug-likeness (QED) is 0.155. The number of carbonyl (C=O) groups is 1. The molecule has 36 heavy (non-hydrogen) atoms. The van der Waals surface area contributed by atoms with E-state index in [1.165, 1.54) is 22.5 Å². The van der Waals surface area contributed by atoms with E-state index >= 15 is 0 Å². The van der Waals surface area contributed by atoms with Gasteiger partial charge in [0.05, 0.1) is 12.0 Å². The summed E-state index contributed by atoms with van der Waals surface area (Å²) in [5.74, 6) is 0.754. The van der Waals surface area contributed by atoms with Crippen LogP contribution in [0.25, 0.3) is 16.8 Å². The van der Waals surface area contributed by atoms with Gasteiger partial charge in [-0.05, 0) is 110 Å². The molecule has 0 bridgehead atoms. The fourth-order valence-corrected chi connectivity index (χ4v) is 7.25. The van der Waals surface area contributed by atoms with Gasteiger partial charge in [0.25, 0.3) is 5.91 Å². The van der Waals surface area contributed by atoms with E-state index < -0.39 is 0 Å². The molecule has 4 aromatic rings. The molecule has 182 valence electrons. The molecule has 1 fully saturated rings. The Bertz CT molecular complexity index is 1480. The Morgan fingerprint density at radius 1 is 1.06 bits per heavy atom. The topological polar surface area (TPSA) is 50.4 Å². The van der Waals surface area contributed by atoms with Crippen molar-refractivity contribution in [1.82, 2.24) is 5.32 Å². The van der Waals surface area contributed by atoms with Crippen molar-refractivity contribution in [3.63, 3.8) is 0 Å². The van der Waals surface area contributed by atoms with Crippen LogP contribution in [0.3, 0.4) is 0 Å². The number of ether oxygens (including phenoxy) is 1. The second-order valence-corrected chi connectivity index (χ2v) is 12.2. The summed E-state index contributed by atoms with van der Waals surface area (Å²) in [6.07, 6.45) is 1.92. The highest BCUT2D eigenvalue weighted by atomic mass is 127. The predicted octanol–water partition coefficient (Wildman–Crippen LogP) is 8.19. The van der Waals surface area contributed by atoms with E-state index in [1.54, 1.807) is 0 Å². The molecule has 0 spiro atoms. The predicted molar refractivity (Wildman–Crippen MR) is 167 cm³/mol. The number of benzene rings is 4. The summed E-state index contributed by atoms with van der Waals surface area (Å²) in [7, 11) is 0. The number of halogens is 3. The molecule has 1 amide bonds. The first kappa shape index (κ1) is 25.7. The minimum atomic E-state index is -0.262. The summed E-state index contributed by atoms with van der Waals surface area (Å²) in [6.45, 7) is 2.49. The number of anilines is 1. The number of nitrogens with one attached hydrogen (secondary N) is 2. The minimum absolute atomic E-state index is 0.0986. The molecule has 1 saturated heterocycles. The van der Waals surface area contributed by atoms with Gasteiger partial charge in [-0.2, -0.15) is 0 Å². The van der Waals surface area contributed by atoms with Gasteiger partial charge in [-0.1, -0.05) is 71.9 Å². The van der Waals surface area contributed by atoms with Gasteiger partial charge in [0.2, 0.25) is 0 Å². The number of fused-ring (bicyclic) bond motifs is 1. The summed E-state index contributed by atoms with van der Waals surface area (Å²) in [4.78, 5) is 13.3. The Morgan fingerprint density at radius 3 is 2.61 bits per heavy atom. The molecule has 1 aliphatic heterocycles. The van der Waals surface area contributed by atoms with E-state index in [0.717, 1.165) is 35.3 Å². The third-order valence-corrected chi connectivity index (χ3v) is 8.65. The lowest BCUT2D eigenvalue weighted by atomic mass is 10.1. The molecule has 0 aliphatic carbocycles. The Kier molecular flexibility index (Phi) is 7.99. The number of rotatable bonds is 6. The van der Waals surface area contributed by atoms with Crippen molar-refractivity contribution < 1.29 is 9.53 Å². The van der Waals surface area contributed by atoms with Gasteiger partial charge in [0.15, 0.2) is 5.50 Å². The summed E-state index contributed by atoms with van der Waals surface area (Å²) in [5, 5.41) is 9.40. The highest BCUT2D eigenvalue weighted by molar-refractivity contribution is 14.1. The normalized spacial score (nSPS) is 16.4. The van der Waals surface area contributed by atoms with Gasteiger partial charge in [0, 0.05) is 10.7 Å². The summed E-state index contributed by atoms with van der Waals surface area (Å²) >= 11 is 12.2. The molecule has 1 aliphatic rings. The lowest BCUT2D eigenvalue weighted by molar-refractivity contribution is -0.116. The number of hydrogen-bond donors (Lipinski definition) is 2. The zero-order valence-corrected chi connectivity index (χ0v) is 25.0. The molecule has 4 nitrogen and oxygen atoms in total. The zero-order valence-electron chi connectivity index (χ0n) is 19.1. The van der Waals surface area contributed by atoms with Crippen LogP contribution in [0.4, 0.5) is 5.69 Å². The molecule has 0 saturated carbocycles. The van der Waals surface area contributed by atoms with Crippen LogP contribution >= 0.6 is 68.5 Å². The number of carbonyl (C=O) groups excluding carboxylic acids is 1. The molecule has 1 atom stereocenters. The molecule has 0 radical (unpaired) electrons. The third kappa shape index (κ3) is 5.79. The van der Waals surface area contributed by atoms with E-state index in [4.69, 9.17) is 16.3 Å². The molecule has 8 heteroatoms. The van der Waals surface area contributed by atoms with Gasteiger partial charge in [0.1, 0.15) is 12.4 Å². The average Bonchev–Trinajstić information content (AvgIpc) is 3.19. The maximum atomic E-state index is 12.6. The summed E-state index contributed by atoms with van der Waals surface area (Å²) in [5.41, 5.74) is 3.81. The standard InChI is InChI=1S/C28H21ClI2N2O2S/c1-16-9-10-20(29)14-24(16)32-28-33-27(34)25(36-28)13-17-11-22(30)26(23(31)12-17)35-15-19-7-4-6-18-5-2-3-8-21(18)19/h2-14,28,32H,15H2,1H3,(H,33,34)/b25-13-. The van der Waals surface area contributed by atoms with Crippen LogP contribution in [-0.4, -0.2) is 11.4 Å². The van der Waals surface area contributed by atoms with Crippen molar-refractivity contribution in [2.75, 3.05) is 5.32 Å². The fraction of sp³-hybridized carbons (Fsp3) is 0.107. The Hall–Kier alpha value is -1.95. The van der Waals surface area contributed by atoms with E-state index in [-0.39, 0.29) is 11.4 Å². The third-order valence-electron chi connectivity index (χ3n) is 5.79. The SMILES string of the molecule is Cc1ccc(Cl)cc1NC1NC(=O)/C(=C/c2cc(I)c(OCc3cccc4ccccc34)c(I)c2)S1. The number of hydrogen-bond acceptors (Lipinski definition) is 4. The molecular formula is C28H21ClI2N2O2S. The van der Waals surface area contributed by atoms with Crippen molar-refractivity contribution in [2.45, 2.75) is 19.0 Å². The monoisotopic (exact) mass is 738 g/mol. The second-order valence-electron chi connectivity index (χ2n) is 8.32. The van der Waals surface area contributed by atoms with Gasteiger partial charge in [-0.3, -0.25) is 4.79 Å². The molecule has 1 heterocycles. The van der Waals surface area contributed by atoms with Crippen LogP contribution in [0.15, 0.2) is 77.7 Å². The van der Waals surface area contributed by atoms with Gasteiger partial charge >= 0.3 is 0 Å². The average molecular weight is 739 g/mol. The van der Waals surface area contributed by atoms with Crippen LogP contribution in [0.2, 0.25) is 5.02 Å². The smallest absolute Gasteiger partial charge is 0.260 e. The largest absolute Gasteiger partial charge is 0.487 e. The van der Waals surface area contributed by atoms with Crippen molar-refractivity contribution in [2.24, 2.45) is 0 Å². The van der Waals surface area contributed by atoms with Crippen molar-refractivity contribution in [3.05, 3.63) is 107 Å². The van der Waals surface area contributed by atoms with E-state index in [0.29, 0.717) is 16.5 Å². The minimum Gasteiger partial charge on any atom is -0.487 e. The van der Waals surface area contributed by atoms with Crippen LogP contribution < -0.4 is 15.4 Å². The van der Waals surface area contributed by atoms with Crippen molar-refractivity contribution >= 4 is 97.0 Å². The maximum Gasteiger partial charge on any atom is 0.260 e. The Balaban J connectivity index is 1.31. The molecule has 2 N–H and O–H groups in total. The maximum absolute atomic E-state index is 12.6.